The first-order valence-electron chi connectivity index (χ1n) is 5.41. The van der Waals surface area contributed by atoms with Gasteiger partial charge in [-0.3, -0.25) is 0 Å². The van der Waals surface area contributed by atoms with Gasteiger partial charge < -0.3 is 5.73 Å². The van der Waals surface area contributed by atoms with Gasteiger partial charge >= 0.3 is 0 Å². The lowest BCUT2D eigenvalue weighted by molar-refractivity contribution is 0.562. The SMILES string of the molecule is Cc1ccccc1S(=O)(=O)C(C)CC(C)N. The van der Waals surface area contributed by atoms with Crippen LogP contribution in [0.15, 0.2) is 29.2 Å². The molecule has 0 aliphatic heterocycles. The molecule has 2 N–H and O–H groups in total. The van der Waals surface area contributed by atoms with Crippen molar-refractivity contribution < 1.29 is 8.42 Å². The molecule has 1 aromatic rings. The molecule has 0 aliphatic rings. The summed E-state index contributed by atoms with van der Waals surface area (Å²) in [5.41, 5.74) is 6.43. The Morgan fingerprint density at radius 3 is 2.31 bits per heavy atom. The zero-order chi connectivity index (χ0) is 12.3. The summed E-state index contributed by atoms with van der Waals surface area (Å²) in [5, 5.41) is -0.436. The molecule has 4 heteroatoms. The summed E-state index contributed by atoms with van der Waals surface area (Å²) >= 11 is 0. The molecule has 0 radical (unpaired) electrons. The fourth-order valence-corrected chi connectivity index (χ4v) is 3.52. The standard InChI is InChI=1S/C12H19NO2S/c1-9-6-4-5-7-12(9)16(14,15)11(3)8-10(2)13/h4-7,10-11H,8,13H2,1-3H3. The average molecular weight is 241 g/mol. The monoisotopic (exact) mass is 241 g/mol. The zero-order valence-corrected chi connectivity index (χ0v) is 10.8. The topological polar surface area (TPSA) is 60.2 Å². The summed E-state index contributed by atoms with van der Waals surface area (Å²) in [6.07, 6.45) is 0.483. The molecule has 1 rings (SSSR count). The van der Waals surface area contributed by atoms with E-state index >= 15 is 0 Å². The van der Waals surface area contributed by atoms with E-state index in [9.17, 15) is 8.42 Å². The maximum Gasteiger partial charge on any atom is 0.181 e. The van der Waals surface area contributed by atoms with Crippen molar-refractivity contribution in [3.8, 4) is 0 Å². The molecule has 3 nitrogen and oxygen atoms in total. The average Bonchev–Trinajstić information content (AvgIpc) is 2.16. The van der Waals surface area contributed by atoms with Crippen molar-refractivity contribution in [1.29, 1.82) is 0 Å². The number of hydrogen-bond acceptors (Lipinski definition) is 3. The van der Waals surface area contributed by atoms with Crippen LogP contribution < -0.4 is 5.73 Å². The van der Waals surface area contributed by atoms with Crippen molar-refractivity contribution in [2.75, 3.05) is 0 Å². The predicted molar refractivity (Wildman–Crippen MR) is 66.1 cm³/mol. The van der Waals surface area contributed by atoms with Crippen LogP contribution in [0.4, 0.5) is 0 Å². The third kappa shape index (κ3) is 2.83. The number of nitrogens with two attached hydrogens (primary N) is 1. The first kappa shape index (κ1) is 13.2. The highest BCUT2D eigenvalue weighted by Crippen LogP contribution is 2.21. The Bertz CT molecular complexity index is 452. The normalized spacial score (nSPS) is 15.8. The molecule has 0 fully saturated rings. The molecule has 0 amide bonds. The van der Waals surface area contributed by atoms with Gasteiger partial charge in [0.2, 0.25) is 0 Å². The van der Waals surface area contributed by atoms with E-state index < -0.39 is 15.1 Å². The number of sulfone groups is 1. The second-order valence-electron chi connectivity index (χ2n) is 4.33. The van der Waals surface area contributed by atoms with Crippen LogP contribution in [0.2, 0.25) is 0 Å². The Morgan fingerprint density at radius 2 is 1.81 bits per heavy atom. The van der Waals surface area contributed by atoms with Crippen LogP contribution >= 0.6 is 0 Å². The van der Waals surface area contributed by atoms with Gasteiger partial charge in [-0.2, -0.15) is 0 Å². The molecule has 1 aromatic carbocycles. The van der Waals surface area contributed by atoms with E-state index in [1.807, 2.05) is 26.0 Å². The lowest BCUT2D eigenvalue weighted by Gasteiger charge is -2.16. The van der Waals surface area contributed by atoms with Crippen LogP contribution in [0.1, 0.15) is 25.8 Å². The van der Waals surface area contributed by atoms with E-state index in [1.54, 1.807) is 19.1 Å². The first-order chi connectivity index (χ1) is 7.35. The molecular weight excluding hydrogens is 222 g/mol. The predicted octanol–water partition coefficient (Wildman–Crippen LogP) is 1.89. The fourth-order valence-electron chi connectivity index (χ4n) is 1.74. The molecule has 0 aliphatic carbocycles. The van der Waals surface area contributed by atoms with E-state index in [4.69, 9.17) is 5.73 Å². The van der Waals surface area contributed by atoms with Crippen molar-refractivity contribution in [3.63, 3.8) is 0 Å². The van der Waals surface area contributed by atoms with Crippen LogP contribution in [-0.4, -0.2) is 19.7 Å². The van der Waals surface area contributed by atoms with Crippen LogP contribution in [0.25, 0.3) is 0 Å². The maximum absolute atomic E-state index is 12.2. The summed E-state index contributed by atoms with van der Waals surface area (Å²) in [5.74, 6) is 0. The molecule has 16 heavy (non-hydrogen) atoms. The van der Waals surface area contributed by atoms with Gasteiger partial charge in [0.25, 0.3) is 0 Å². The van der Waals surface area contributed by atoms with Gasteiger partial charge in [-0.15, -0.1) is 0 Å². The van der Waals surface area contributed by atoms with Crippen LogP contribution in [0.3, 0.4) is 0 Å². The van der Waals surface area contributed by atoms with Crippen molar-refractivity contribution in [2.45, 2.75) is 43.4 Å². The highest BCUT2D eigenvalue weighted by Gasteiger charge is 2.25. The molecule has 2 atom stereocenters. The van der Waals surface area contributed by atoms with Gasteiger partial charge in [-0.05, 0) is 38.8 Å². The molecule has 0 heterocycles. The minimum absolute atomic E-state index is 0.103. The third-order valence-corrected chi connectivity index (χ3v) is 4.96. The van der Waals surface area contributed by atoms with Crippen LogP contribution in [-0.2, 0) is 9.84 Å². The van der Waals surface area contributed by atoms with Gasteiger partial charge in [0.15, 0.2) is 9.84 Å². The highest BCUT2D eigenvalue weighted by atomic mass is 32.2. The smallest absolute Gasteiger partial charge is 0.181 e. The molecule has 0 saturated heterocycles. The second-order valence-corrected chi connectivity index (χ2v) is 6.67. The molecule has 0 aromatic heterocycles. The van der Waals surface area contributed by atoms with E-state index in [-0.39, 0.29) is 6.04 Å². The zero-order valence-electron chi connectivity index (χ0n) is 9.97. The molecule has 2 unspecified atom stereocenters. The second kappa shape index (κ2) is 4.97. The Hall–Kier alpha value is -0.870. The molecular formula is C12H19NO2S. The highest BCUT2D eigenvalue weighted by molar-refractivity contribution is 7.92. The van der Waals surface area contributed by atoms with Gasteiger partial charge in [-0.1, -0.05) is 18.2 Å². The minimum atomic E-state index is -3.24. The number of benzene rings is 1. The Labute approximate surface area is 97.6 Å². The van der Waals surface area contributed by atoms with Crippen LogP contribution in [0.5, 0.6) is 0 Å². The number of aryl methyl sites for hydroxylation is 1. The van der Waals surface area contributed by atoms with Crippen molar-refractivity contribution >= 4 is 9.84 Å². The van der Waals surface area contributed by atoms with Gasteiger partial charge in [0, 0.05) is 6.04 Å². The van der Waals surface area contributed by atoms with E-state index in [2.05, 4.69) is 0 Å². The number of hydrogen-bond donors (Lipinski definition) is 1. The number of rotatable bonds is 4. The minimum Gasteiger partial charge on any atom is -0.328 e. The quantitative estimate of drug-likeness (QED) is 0.875. The van der Waals surface area contributed by atoms with Gasteiger partial charge in [-0.25, -0.2) is 8.42 Å². The molecule has 0 saturated carbocycles. The first-order valence-corrected chi connectivity index (χ1v) is 6.95. The largest absolute Gasteiger partial charge is 0.328 e. The van der Waals surface area contributed by atoms with Crippen molar-refractivity contribution in [1.82, 2.24) is 0 Å². The van der Waals surface area contributed by atoms with Gasteiger partial charge in [0.05, 0.1) is 10.1 Å². The summed E-state index contributed by atoms with van der Waals surface area (Å²) in [4.78, 5) is 0.420. The lowest BCUT2D eigenvalue weighted by Crippen LogP contribution is -2.27. The van der Waals surface area contributed by atoms with E-state index in [1.165, 1.54) is 0 Å². The lowest BCUT2D eigenvalue weighted by atomic mass is 10.2. The third-order valence-electron chi connectivity index (χ3n) is 2.63. The molecule has 0 bridgehead atoms. The van der Waals surface area contributed by atoms with Gasteiger partial charge in [0.1, 0.15) is 0 Å². The Morgan fingerprint density at radius 1 is 1.25 bits per heavy atom. The van der Waals surface area contributed by atoms with Crippen molar-refractivity contribution in [3.05, 3.63) is 29.8 Å². The Kier molecular flexibility index (Phi) is 4.10. The maximum atomic E-state index is 12.2. The van der Waals surface area contributed by atoms with Crippen LogP contribution in [0, 0.1) is 6.92 Å². The molecule has 0 spiro atoms. The summed E-state index contributed by atoms with van der Waals surface area (Å²) < 4.78 is 24.5. The fraction of sp³-hybridized carbons (Fsp3) is 0.500. The summed E-state index contributed by atoms with van der Waals surface area (Å²) in [6.45, 7) is 5.35. The Balaban J connectivity index is 3.08. The summed E-state index contributed by atoms with van der Waals surface area (Å²) in [6, 6.07) is 6.95. The van der Waals surface area contributed by atoms with E-state index in [0.29, 0.717) is 11.3 Å². The van der Waals surface area contributed by atoms with E-state index in [0.717, 1.165) is 5.56 Å². The van der Waals surface area contributed by atoms with Crippen molar-refractivity contribution in [2.24, 2.45) is 5.73 Å². The molecule has 90 valence electrons. The summed E-state index contributed by atoms with van der Waals surface area (Å²) in [7, 11) is -3.24.